The topological polar surface area (TPSA) is 30.7 Å². The van der Waals surface area contributed by atoms with Gasteiger partial charge < -0.3 is 4.57 Å². The number of alkyl halides is 1. The Balaban J connectivity index is 2.28. The molecule has 2 heterocycles. The Labute approximate surface area is 103 Å². The van der Waals surface area contributed by atoms with Crippen LogP contribution in [0.15, 0.2) is 12.3 Å². The van der Waals surface area contributed by atoms with Gasteiger partial charge in [0.05, 0.1) is 10.4 Å². The van der Waals surface area contributed by atoms with Crippen LogP contribution in [-0.4, -0.2) is 14.5 Å². The average molecular weight is 256 g/mol. The van der Waals surface area contributed by atoms with E-state index in [1.54, 1.807) is 6.20 Å². The molecule has 1 saturated carbocycles. The minimum atomic E-state index is -0.103. The fourth-order valence-corrected chi connectivity index (χ4v) is 2.25. The van der Waals surface area contributed by atoms with Crippen molar-refractivity contribution in [3.05, 3.63) is 23.1 Å². The van der Waals surface area contributed by atoms with Crippen LogP contribution in [0.5, 0.6) is 0 Å². The van der Waals surface area contributed by atoms with Crippen LogP contribution in [0.25, 0.3) is 11.2 Å². The third-order valence-electron chi connectivity index (χ3n) is 2.79. The molecular weight excluding hydrogens is 245 g/mol. The van der Waals surface area contributed by atoms with Crippen LogP contribution in [0.1, 0.15) is 37.0 Å². The van der Waals surface area contributed by atoms with Gasteiger partial charge in [-0.2, -0.15) is 0 Å². The van der Waals surface area contributed by atoms with Crippen molar-refractivity contribution >= 4 is 34.4 Å². The van der Waals surface area contributed by atoms with Crippen molar-refractivity contribution in [3.8, 4) is 0 Å². The van der Waals surface area contributed by atoms with Gasteiger partial charge in [-0.3, -0.25) is 0 Å². The molecule has 0 bridgehead atoms. The molecule has 2 aromatic heterocycles. The van der Waals surface area contributed by atoms with Crippen LogP contribution in [0.4, 0.5) is 0 Å². The fourth-order valence-electron chi connectivity index (χ4n) is 1.95. The van der Waals surface area contributed by atoms with E-state index in [4.69, 9.17) is 23.2 Å². The molecule has 0 aliphatic heterocycles. The first-order valence-corrected chi connectivity index (χ1v) is 6.15. The third-order valence-corrected chi connectivity index (χ3v) is 3.19. The Morgan fingerprint density at radius 1 is 1.50 bits per heavy atom. The first-order chi connectivity index (χ1) is 7.66. The fraction of sp³-hybridized carbons (Fsp3) is 0.455. The van der Waals surface area contributed by atoms with Crippen molar-refractivity contribution in [2.75, 3.05) is 0 Å². The Kier molecular flexibility index (Phi) is 2.33. The molecule has 5 heteroatoms. The minimum absolute atomic E-state index is 0.103. The van der Waals surface area contributed by atoms with E-state index in [0.29, 0.717) is 11.1 Å². The predicted octanol–water partition coefficient (Wildman–Crippen LogP) is 3.72. The Bertz CT molecular complexity index is 543. The van der Waals surface area contributed by atoms with Gasteiger partial charge in [-0.25, -0.2) is 9.97 Å². The van der Waals surface area contributed by atoms with Crippen LogP contribution in [0, 0.1) is 0 Å². The molecule has 3 rings (SSSR count). The van der Waals surface area contributed by atoms with E-state index in [-0.39, 0.29) is 5.38 Å². The van der Waals surface area contributed by atoms with Crippen molar-refractivity contribution < 1.29 is 0 Å². The molecule has 16 heavy (non-hydrogen) atoms. The van der Waals surface area contributed by atoms with Crippen LogP contribution in [-0.2, 0) is 0 Å². The largest absolute Gasteiger partial charge is 0.308 e. The number of fused-ring (bicyclic) bond motifs is 1. The second-order valence-corrected chi connectivity index (χ2v) is 5.27. The molecule has 1 unspecified atom stereocenters. The smallest absolute Gasteiger partial charge is 0.160 e. The quantitative estimate of drug-likeness (QED) is 0.766. The van der Waals surface area contributed by atoms with Gasteiger partial charge in [0, 0.05) is 12.2 Å². The number of pyridine rings is 1. The summed E-state index contributed by atoms with van der Waals surface area (Å²) >= 11 is 12.1. The summed E-state index contributed by atoms with van der Waals surface area (Å²) in [5.41, 5.74) is 1.73. The van der Waals surface area contributed by atoms with E-state index >= 15 is 0 Å². The molecule has 0 radical (unpaired) electrons. The number of aromatic nitrogens is 3. The Hall–Kier alpha value is -0.800. The summed E-state index contributed by atoms with van der Waals surface area (Å²) in [6.45, 7) is 1.93. The molecule has 1 fully saturated rings. The lowest BCUT2D eigenvalue weighted by atomic mass is 10.4. The predicted molar refractivity (Wildman–Crippen MR) is 65.1 cm³/mol. The van der Waals surface area contributed by atoms with E-state index in [0.717, 1.165) is 17.0 Å². The van der Waals surface area contributed by atoms with Crippen LogP contribution >= 0.6 is 23.2 Å². The standard InChI is InChI=1S/C11H11Cl2N3/c1-6(12)10-15-9-4-7(13)5-14-11(9)16(10)8-2-3-8/h4-6,8H,2-3H2,1H3. The number of imidazole rings is 1. The van der Waals surface area contributed by atoms with Gasteiger partial charge in [0.1, 0.15) is 11.3 Å². The summed E-state index contributed by atoms with van der Waals surface area (Å²) in [5.74, 6) is 0.897. The molecule has 0 N–H and O–H groups in total. The van der Waals surface area contributed by atoms with Crippen molar-refractivity contribution in [2.24, 2.45) is 0 Å². The third kappa shape index (κ3) is 1.59. The number of hydrogen-bond donors (Lipinski definition) is 0. The van der Waals surface area contributed by atoms with E-state index in [9.17, 15) is 0 Å². The average Bonchev–Trinajstić information content (AvgIpc) is 2.99. The highest BCUT2D eigenvalue weighted by atomic mass is 35.5. The SMILES string of the molecule is CC(Cl)c1nc2cc(Cl)cnc2n1C1CC1. The summed E-state index contributed by atoms with van der Waals surface area (Å²) in [6, 6.07) is 2.36. The van der Waals surface area contributed by atoms with Crippen LogP contribution in [0.2, 0.25) is 5.02 Å². The molecular formula is C11H11Cl2N3. The maximum Gasteiger partial charge on any atom is 0.160 e. The van der Waals surface area contributed by atoms with Gasteiger partial charge in [-0.05, 0) is 25.8 Å². The zero-order valence-corrected chi connectivity index (χ0v) is 10.3. The molecule has 0 aromatic carbocycles. The zero-order valence-electron chi connectivity index (χ0n) is 8.82. The van der Waals surface area contributed by atoms with E-state index in [1.165, 1.54) is 12.8 Å². The molecule has 1 aliphatic rings. The highest BCUT2D eigenvalue weighted by molar-refractivity contribution is 6.31. The molecule has 0 spiro atoms. The van der Waals surface area contributed by atoms with Gasteiger partial charge in [0.2, 0.25) is 0 Å². The highest BCUT2D eigenvalue weighted by Crippen LogP contribution is 2.40. The minimum Gasteiger partial charge on any atom is -0.308 e. The van der Waals surface area contributed by atoms with Gasteiger partial charge in [-0.15, -0.1) is 11.6 Å². The van der Waals surface area contributed by atoms with Crippen molar-refractivity contribution in [1.82, 2.24) is 14.5 Å². The second-order valence-electron chi connectivity index (χ2n) is 4.18. The maximum atomic E-state index is 6.15. The lowest BCUT2D eigenvalue weighted by molar-refractivity contribution is 0.694. The van der Waals surface area contributed by atoms with Gasteiger partial charge in [0.25, 0.3) is 0 Å². The normalized spacial score (nSPS) is 17.9. The molecule has 1 aliphatic carbocycles. The molecule has 0 saturated heterocycles. The Morgan fingerprint density at radius 3 is 2.88 bits per heavy atom. The lowest BCUT2D eigenvalue weighted by Crippen LogP contribution is -2.02. The van der Waals surface area contributed by atoms with Gasteiger partial charge in [-0.1, -0.05) is 11.6 Å². The van der Waals surface area contributed by atoms with Crippen molar-refractivity contribution in [1.29, 1.82) is 0 Å². The van der Waals surface area contributed by atoms with E-state index < -0.39 is 0 Å². The molecule has 1 atom stereocenters. The van der Waals surface area contributed by atoms with E-state index in [2.05, 4.69) is 14.5 Å². The zero-order chi connectivity index (χ0) is 11.3. The molecule has 3 nitrogen and oxygen atoms in total. The van der Waals surface area contributed by atoms with Crippen LogP contribution < -0.4 is 0 Å². The summed E-state index contributed by atoms with van der Waals surface area (Å²) in [7, 11) is 0. The first-order valence-electron chi connectivity index (χ1n) is 5.34. The summed E-state index contributed by atoms with van der Waals surface area (Å²) < 4.78 is 2.16. The molecule has 84 valence electrons. The van der Waals surface area contributed by atoms with Gasteiger partial charge in [0.15, 0.2) is 5.65 Å². The number of nitrogens with zero attached hydrogens (tertiary/aromatic N) is 3. The summed E-state index contributed by atoms with van der Waals surface area (Å²) in [4.78, 5) is 8.87. The number of hydrogen-bond acceptors (Lipinski definition) is 2. The second kappa shape index (κ2) is 3.60. The van der Waals surface area contributed by atoms with Crippen LogP contribution in [0.3, 0.4) is 0 Å². The van der Waals surface area contributed by atoms with E-state index in [1.807, 2.05) is 13.0 Å². The van der Waals surface area contributed by atoms with Gasteiger partial charge >= 0.3 is 0 Å². The number of rotatable bonds is 2. The summed E-state index contributed by atoms with van der Waals surface area (Å²) in [6.07, 6.45) is 4.03. The van der Waals surface area contributed by atoms with Crippen molar-refractivity contribution in [3.63, 3.8) is 0 Å². The molecule has 0 amide bonds. The lowest BCUT2D eigenvalue weighted by Gasteiger charge is -2.07. The van der Waals surface area contributed by atoms with Crippen molar-refractivity contribution in [2.45, 2.75) is 31.2 Å². The first kappa shape index (κ1) is 10.4. The summed E-state index contributed by atoms with van der Waals surface area (Å²) in [5, 5.41) is 0.510. The molecule has 2 aromatic rings. The number of halogens is 2. The maximum absolute atomic E-state index is 6.15. The highest BCUT2D eigenvalue weighted by Gasteiger charge is 2.30. The Morgan fingerprint density at radius 2 is 2.25 bits per heavy atom. The monoisotopic (exact) mass is 255 g/mol.